The van der Waals surface area contributed by atoms with Gasteiger partial charge in [-0.15, -0.1) is 0 Å². The summed E-state index contributed by atoms with van der Waals surface area (Å²) in [7, 11) is 0. The average Bonchev–Trinajstić information content (AvgIpc) is 3.42. The Hall–Kier alpha value is -3.08. The van der Waals surface area contributed by atoms with Crippen molar-refractivity contribution < 1.29 is 23.0 Å². The lowest BCUT2D eigenvalue weighted by molar-refractivity contribution is 0.0154. The molecule has 0 aromatic carbocycles. The van der Waals surface area contributed by atoms with E-state index in [4.69, 9.17) is 9.47 Å². The summed E-state index contributed by atoms with van der Waals surface area (Å²) in [5.41, 5.74) is 0.867. The van der Waals surface area contributed by atoms with Gasteiger partial charge in [-0.1, -0.05) is 0 Å². The van der Waals surface area contributed by atoms with Crippen LogP contribution in [0, 0.1) is 0 Å². The Bertz CT molecular complexity index is 1170. The van der Waals surface area contributed by atoms with Crippen LogP contribution in [0.4, 0.5) is 14.5 Å². The highest BCUT2D eigenvalue weighted by atomic mass is 19.3. The largest absolute Gasteiger partial charge is 0.473 e. The van der Waals surface area contributed by atoms with Gasteiger partial charge in [-0.05, 0) is 39.7 Å². The summed E-state index contributed by atoms with van der Waals surface area (Å²) in [4.78, 5) is 21.7. The van der Waals surface area contributed by atoms with Crippen LogP contribution in [0.1, 0.15) is 56.3 Å². The first-order valence-electron chi connectivity index (χ1n) is 10.0. The zero-order chi connectivity index (χ0) is 22.0. The number of ether oxygens (including phenoxy) is 2. The molecule has 1 saturated carbocycles. The van der Waals surface area contributed by atoms with Crippen molar-refractivity contribution >= 4 is 17.4 Å². The molecule has 9 nitrogen and oxygen atoms in total. The highest BCUT2D eigenvalue weighted by Crippen LogP contribution is 2.58. The summed E-state index contributed by atoms with van der Waals surface area (Å²) < 4.78 is 39.3. The zero-order valence-electron chi connectivity index (χ0n) is 17.3. The first-order chi connectivity index (χ1) is 14.7. The topological polar surface area (TPSA) is 95.6 Å². The molecule has 3 aliphatic rings. The number of hydrogen-bond donors (Lipinski definition) is 1. The van der Waals surface area contributed by atoms with Gasteiger partial charge in [-0.25, -0.2) is 9.67 Å². The molecule has 6 rings (SSSR count). The maximum absolute atomic E-state index is 12.8. The molecule has 11 heteroatoms. The second kappa shape index (κ2) is 6.71. The van der Waals surface area contributed by atoms with Crippen LogP contribution in [0.15, 0.2) is 24.7 Å². The normalized spacial score (nSPS) is 24.7. The van der Waals surface area contributed by atoms with E-state index < -0.39 is 12.5 Å². The fraction of sp³-hybridized carbons (Fsp3) is 0.500. The van der Waals surface area contributed by atoms with Crippen LogP contribution in [-0.4, -0.2) is 48.4 Å². The number of halogens is 2. The second-order valence-corrected chi connectivity index (χ2v) is 8.74. The van der Waals surface area contributed by atoms with Crippen molar-refractivity contribution in [2.45, 2.75) is 57.3 Å². The lowest BCUT2D eigenvalue weighted by atomic mass is 9.62. The Kier molecular flexibility index (Phi) is 4.30. The van der Waals surface area contributed by atoms with Crippen LogP contribution < -0.4 is 10.1 Å². The van der Waals surface area contributed by atoms with Crippen molar-refractivity contribution in [1.82, 2.24) is 24.1 Å². The highest BCUT2D eigenvalue weighted by molar-refractivity contribution is 6.03. The van der Waals surface area contributed by atoms with E-state index in [9.17, 15) is 13.6 Å². The average molecular weight is 432 g/mol. The van der Waals surface area contributed by atoms with Gasteiger partial charge in [0.25, 0.3) is 5.91 Å². The summed E-state index contributed by atoms with van der Waals surface area (Å²) in [6.45, 7) is 3.57. The molecule has 3 aromatic rings. The number of carbonyl (C=O) groups is 1. The molecule has 2 aliphatic heterocycles. The monoisotopic (exact) mass is 432 g/mol. The molecular formula is C20H22F2N6O3. The number of amides is 1. The molecule has 0 atom stereocenters. The number of imidazole rings is 1. The SMILES string of the molecule is CC(C)Oc1nc2nc(C34COC(C)(C3)C4)cn2cc1NC(=O)c1ccn(C(F)F)n1. The molecule has 5 heterocycles. The van der Waals surface area contributed by atoms with Gasteiger partial charge in [0.2, 0.25) is 11.7 Å². The van der Waals surface area contributed by atoms with E-state index in [2.05, 4.69) is 27.3 Å². The lowest BCUT2D eigenvalue weighted by Crippen LogP contribution is -2.45. The molecule has 0 unspecified atom stereocenters. The molecule has 2 bridgehead atoms. The maximum Gasteiger partial charge on any atom is 0.333 e. The highest BCUT2D eigenvalue weighted by Gasteiger charge is 2.61. The predicted molar refractivity (Wildman–Crippen MR) is 105 cm³/mol. The molecule has 0 spiro atoms. The third-order valence-electron chi connectivity index (χ3n) is 5.71. The number of nitrogens with zero attached hydrogens (tertiary/aromatic N) is 5. The third kappa shape index (κ3) is 3.32. The van der Waals surface area contributed by atoms with Crippen LogP contribution in [0.2, 0.25) is 0 Å². The number of hydrogen-bond acceptors (Lipinski definition) is 6. The molecule has 1 aliphatic carbocycles. The molecule has 3 fully saturated rings. The van der Waals surface area contributed by atoms with Crippen molar-refractivity contribution in [3.05, 3.63) is 36.0 Å². The minimum absolute atomic E-state index is 0.0735. The molecule has 1 N–H and O–H groups in total. The number of fused-ring (bicyclic) bond motifs is 2. The van der Waals surface area contributed by atoms with Gasteiger partial charge in [-0.2, -0.15) is 18.9 Å². The van der Waals surface area contributed by atoms with E-state index in [1.807, 2.05) is 20.0 Å². The van der Waals surface area contributed by atoms with Crippen molar-refractivity contribution in [3.63, 3.8) is 0 Å². The number of nitrogens with one attached hydrogen (secondary N) is 1. The second-order valence-electron chi connectivity index (χ2n) is 8.74. The predicted octanol–water partition coefficient (Wildman–Crippen LogP) is 3.18. The van der Waals surface area contributed by atoms with E-state index in [-0.39, 0.29) is 28.7 Å². The Labute approximate surface area is 176 Å². The lowest BCUT2D eigenvalue weighted by Gasteiger charge is -2.41. The maximum atomic E-state index is 12.8. The molecule has 0 radical (unpaired) electrons. The summed E-state index contributed by atoms with van der Waals surface area (Å²) in [5, 5.41) is 6.26. The fourth-order valence-corrected chi connectivity index (χ4v) is 4.47. The van der Waals surface area contributed by atoms with Crippen molar-refractivity contribution in [2.75, 3.05) is 11.9 Å². The van der Waals surface area contributed by atoms with E-state index in [1.165, 1.54) is 6.07 Å². The van der Waals surface area contributed by atoms with Gasteiger partial charge in [0.15, 0.2) is 5.69 Å². The van der Waals surface area contributed by atoms with Crippen LogP contribution >= 0.6 is 0 Å². The molecule has 3 aromatic heterocycles. The van der Waals surface area contributed by atoms with Gasteiger partial charge in [0.1, 0.15) is 5.69 Å². The van der Waals surface area contributed by atoms with Crippen LogP contribution in [-0.2, 0) is 10.2 Å². The minimum Gasteiger partial charge on any atom is -0.473 e. The first kappa shape index (κ1) is 19.9. The van der Waals surface area contributed by atoms with E-state index in [0.717, 1.165) is 24.7 Å². The van der Waals surface area contributed by atoms with Gasteiger partial charge < -0.3 is 14.8 Å². The molecule has 1 amide bonds. The number of rotatable bonds is 6. The number of carbonyl (C=O) groups excluding carboxylic acids is 1. The number of aromatic nitrogens is 5. The Morgan fingerprint density at radius 1 is 1.29 bits per heavy atom. The molecule has 31 heavy (non-hydrogen) atoms. The summed E-state index contributed by atoms with van der Waals surface area (Å²) in [6, 6.07) is 1.22. The van der Waals surface area contributed by atoms with Gasteiger partial charge in [0.05, 0.1) is 24.0 Å². The number of alkyl halides is 2. The Morgan fingerprint density at radius 2 is 2.06 bits per heavy atom. The van der Waals surface area contributed by atoms with E-state index in [0.29, 0.717) is 22.8 Å². The van der Waals surface area contributed by atoms with E-state index in [1.54, 1.807) is 10.6 Å². The third-order valence-corrected chi connectivity index (χ3v) is 5.71. The Morgan fingerprint density at radius 3 is 2.68 bits per heavy atom. The van der Waals surface area contributed by atoms with Gasteiger partial charge in [-0.3, -0.25) is 9.20 Å². The molecule has 164 valence electrons. The minimum atomic E-state index is -2.82. The standard InChI is InChI=1S/C20H22F2N6O3/c1-11(2)31-16-13(23-15(29)12-4-5-28(26-12)17(21)22)6-27-7-14(24-18(27)25-16)20-8-19(3,9-20)30-10-20/h4-7,11,17H,8-10H2,1-3H3,(H,23,29). The van der Waals surface area contributed by atoms with Gasteiger partial charge >= 0.3 is 6.55 Å². The van der Waals surface area contributed by atoms with Crippen molar-refractivity contribution in [3.8, 4) is 5.88 Å². The van der Waals surface area contributed by atoms with Crippen LogP contribution in [0.25, 0.3) is 5.78 Å². The summed E-state index contributed by atoms with van der Waals surface area (Å²) in [5.74, 6) is -0.00698. The fourth-order valence-electron chi connectivity index (χ4n) is 4.47. The molecule has 2 saturated heterocycles. The van der Waals surface area contributed by atoms with Gasteiger partial charge in [0, 0.05) is 24.0 Å². The first-order valence-corrected chi connectivity index (χ1v) is 10.0. The summed E-state index contributed by atoms with van der Waals surface area (Å²) >= 11 is 0. The molecular weight excluding hydrogens is 410 g/mol. The smallest absolute Gasteiger partial charge is 0.333 e. The van der Waals surface area contributed by atoms with Crippen LogP contribution in [0.3, 0.4) is 0 Å². The van der Waals surface area contributed by atoms with Crippen molar-refractivity contribution in [1.29, 1.82) is 0 Å². The summed E-state index contributed by atoms with van der Waals surface area (Å²) in [6.07, 6.45) is 6.21. The number of anilines is 1. The van der Waals surface area contributed by atoms with E-state index >= 15 is 0 Å². The zero-order valence-corrected chi connectivity index (χ0v) is 17.3. The Balaban J connectivity index is 1.47. The van der Waals surface area contributed by atoms with Crippen molar-refractivity contribution in [2.24, 2.45) is 0 Å². The van der Waals surface area contributed by atoms with Crippen LogP contribution in [0.5, 0.6) is 5.88 Å². The quantitative estimate of drug-likeness (QED) is 0.643.